The van der Waals surface area contributed by atoms with E-state index in [1.54, 1.807) is 0 Å². The van der Waals surface area contributed by atoms with Crippen molar-refractivity contribution in [1.29, 1.82) is 0 Å². The van der Waals surface area contributed by atoms with Gasteiger partial charge in [-0.2, -0.15) is 0 Å². The largest absolute Gasteiger partial charge is 0.480 e. The zero-order chi connectivity index (χ0) is 17.3. The third-order valence-electron chi connectivity index (χ3n) is 2.42. The molecule has 0 unspecified atom stereocenters. The molecule has 0 aromatic heterocycles. The Balaban J connectivity index is 0. The second-order valence-electron chi connectivity index (χ2n) is 4.61. The zero-order valence-electron chi connectivity index (χ0n) is 14.1. The SMILES string of the molecule is CCCCOP(=O)(OCCCC)OCCCC.NCC(=O)O. The monoisotopic (exact) mass is 341 g/mol. The molecule has 0 spiro atoms. The molecular formula is C14H32NO6P. The molecule has 0 radical (unpaired) electrons. The van der Waals surface area contributed by atoms with Crippen LogP contribution in [0.25, 0.3) is 0 Å². The Morgan fingerprint density at radius 2 is 1.18 bits per heavy atom. The van der Waals surface area contributed by atoms with Crippen molar-refractivity contribution in [3.63, 3.8) is 0 Å². The topological polar surface area (TPSA) is 108 Å². The molecule has 0 bridgehead atoms. The molecule has 3 N–H and O–H groups in total. The molecule has 7 nitrogen and oxygen atoms in total. The van der Waals surface area contributed by atoms with Gasteiger partial charge in [0, 0.05) is 0 Å². The van der Waals surface area contributed by atoms with Crippen molar-refractivity contribution < 1.29 is 28.0 Å². The number of phosphoric acid groups is 1. The van der Waals surface area contributed by atoms with Crippen LogP contribution < -0.4 is 5.73 Å². The summed E-state index contributed by atoms with van der Waals surface area (Å²) < 4.78 is 28.0. The van der Waals surface area contributed by atoms with E-state index in [1.807, 2.05) is 0 Å². The fraction of sp³-hybridized carbons (Fsp3) is 0.929. The summed E-state index contributed by atoms with van der Waals surface area (Å²) in [6.07, 6.45) is 5.63. The molecule has 22 heavy (non-hydrogen) atoms. The highest BCUT2D eigenvalue weighted by Crippen LogP contribution is 2.49. The van der Waals surface area contributed by atoms with Crippen molar-refractivity contribution in [2.24, 2.45) is 5.73 Å². The summed E-state index contributed by atoms with van der Waals surface area (Å²) in [5, 5.41) is 7.60. The maximum atomic E-state index is 12.2. The second-order valence-corrected chi connectivity index (χ2v) is 6.27. The van der Waals surface area contributed by atoms with Crippen molar-refractivity contribution in [1.82, 2.24) is 0 Å². The van der Waals surface area contributed by atoms with E-state index in [0.717, 1.165) is 38.5 Å². The summed E-state index contributed by atoms with van der Waals surface area (Å²) in [6.45, 7) is 7.21. The van der Waals surface area contributed by atoms with E-state index in [1.165, 1.54) is 0 Å². The lowest BCUT2D eigenvalue weighted by Gasteiger charge is -2.17. The Kier molecular flexibility index (Phi) is 18.3. The van der Waals surface area contributed by atoms with E-state index in [2.05, 4.69) is 26.5 Å². The first kappa shape index (κ1) is 23.8. The van der Waals surface area contributed by atoms with E-state index in [-0.39, 0.29) is 6.54 Å². The Hall–Kier alpha value is -0.460. The molecule has 0 aliphatic heterocycles. The van der Waals surface area contributed by atoms with Crippen molar-refractivity contribution in [2.75, 3.05) is 26.4 Å². The van der Waals surface area contributed by atoms with E-state index < -0.39 is 13.8 Å². The number of unbranched alkanes of at least 4 members (excludes halogenated alkanes) is 3. The third kappa shape index (κ3) is 17.6. The minimum absolute atomic E-state index is 0.278. The molecule has 0 saturated heterocycles. The standard InChI is InChI=1S/C12H27O4P.C2H5NO2/c1-4-7-10-14-17(13,15-11-8-5-2)16-12-9-6-3;3-1-2(4)5/h4-12H2,1-3H3;1,3H2,(H,4,5). The summed E-state index contributed by atoms with van der Waals surface area (Å²) in [4.78, 5) is 9.24. The molecule has 0 aliphatic rings. The highest BCUT2D eigenvalue weighted by Gasteiger charge is 2.25. The minimum atomic E-state index is -3.31. The molecular weight excluding hydrogens is 309 g/mol. The highest BCUT2D eigenvalue weighted by molar-refractivity contribution is 7.48. The molecule has 0 aromatic rings. The van der Waals surface area contributed by atoms with Gasteiger partial charge in [0.25, 0.3) is 0 Å². The van der Waals surface area contributed by atoms with Crippen LogP contribution in [0.15, 0.2) is 0 Å². The normalized spacial score (nSPS) is 10.9. The number of hydrogen-bond donors (Lipinski definition) is 2. The molecule has 0 heterocycles. The molecule has 8 heteroatoms. The van der Waals surface area contributed by atoms with Gasteiger partial charge in [0.2, 0.25) is 0 Å². The van der Waals surface area contributed by atoms with Gasteiger partial charge in [-0.25, -0.2) is 4.57 Å². The first-order valence-corrected chi connectivity index (χ1v) is 9.37. The molecule has 134 valence electrons. The Morgan fingerprint density at radius 1 is 0.909 bits per heavy atom. The van der Waals surface area contributed by atoms with Crippen molar-refractivity contribution in [3.05, 3.63) is 0 Å². The first-order chi connectivity index (χ1) is 10.5. The van der Waals surface area contributed by atoms with Crippen LogP contribution in [-0.2, 0) is 22.9 Å². The van der Waals surface area contributed by atoms with Gasteiger partial charge >= 0.3 is 13.8 Å². The average molecular weight is 341 g/mol. The molecule has 0 amide bonds. The Bertz CT molecular complexity index is 268. The maximum Gasteiger partial charge on any atom is 0.474 e. The number of carbonyl (C=O) groups is 1. The molecule has 0 aliphatic carbocycles. The van der Waals surface area contributed by atoms with Crippen LogP contribution in [0.3, 0.4) is 0 Å². The summed E-state index contributed by atoms with van der Waals surface area (Å²) in [6, 6.07) is 0. The number of aliphatic carboxylic acids is 1. The lowest BCUT2D eigenvalue weighted by Crippen LogP contribution is -2.10. The second kappa shape index (κ2) is 16.9. The Labute approximate surface area is 134 Å². The highest BCUT2D eigenvalue weighted by atomic mass is 31.2. The third-order valence-corrected chi connectivity index (χ3v) is 3.91. The molecule has 0 fully saturated rings. The van der Waals surface area contributed by atoms with Gasteiger partial charge in [0.15, 0.2) is 0 Å². The van der Waals surface area contributed by atoms with Crippen LogP contribution in [0.5, 0.6) is 0 Å². The molecule has 0 atom stereocenters. The van der Waals surface area contributed by atoms with Gasteiger partial charge in [-0.3, -0.25) is 18.4 Å². The number of carboxylic acids is 1. The van der Waals surface area contributed by atoms with E-state index in [4.69, 9.17) is 18.7 Å². The smallest absolute Gasteiger partial charge is 0.474 e. The van der Waals surface area contributed by atoms with E-state index >= 15 is 0 Å². The van der Waals surface area contributed by atoms with Crippen LogP contribution in [0.1, 0.15) is 59.3 Å². The van der Waals surface area contributed by atoms with Gasteiger partial charge in [-0.05, 0) is 19.3 Å². The van der Waals surface area contributed by atoms with Crippen LogP contribution in [0.4, 0.5) is 0 Å². The van der Waals surface area contributed by atoms with Crippen LogP contribution in [-0.4, -0.2) is 37.4 Å². The summed E-state index contributed by atoms with van der Waals surface area (Å²) in [7, 11) is -3.31. The van der Waals surface area contributed by atoms with Crippen LogP contribution in [0, 0.1) is 0 Å². The number of carboxylic acid groups (broad SMARTS) is 1. The number of nitrogens with two attached hydrogens (primary N) is 1. The fourth-order valence-electron chi connectivity index (χ4n) is 1.07. The van der Waals surface area contributed by atoms with E-state index in [9.17, 15) is 9.36 Å². The molecule has 0 aromatic carbocycles. The van der Waals surface area contributed by atoms with Crippen LogP contribution >= 0.6 is 7.82 Å². The average Bonchev–Trinajstić information content (AvgIpc) is 2.49. The summed E-state index contributed by atoms with van der Waals surface area (Å²) in [5.74, 6) is -0.968. The Morgan fingerprint density at radius 3 is 1.36 bits per heavy atom. The predicted octanol–water partition coefficient (Wildman–Crippen LogP) is 3.57. The van der Waals surface area contributed by atoms with Crippen molar-refractivity contribution in [2.45, 2.75) is 59.3 Å². The van der Waals surface area contributed by atoms with Gasteiger partial charge in [-0.1, -0.05) is 40.0 Å². The van der Waals surface area contributed by atoms with Gasteiger partial charge in [-0.15, -0.1) is 0 Å². The lowest BCUT2D eigenvalue weighted by molar-refractivity contribution is -0.135. The fourth-order valence-corrected chi connectivity index (χ4v) is 2.36. The lowest BCUT2D eigenvalue weighted by atomic mass is 10.4. The molecule has 0 saturated carbocycles. The number of phosphoric ester groups is 1. The van der Waals surface area contributed by atoms with Crippen molar-refractivity contribution in [3.8, 4) is 0 Å². The van der Waals surface area contributed by atoms with Gasteiger partial charge in [0.1, 0.15) is 0 Å². The number of rotatable bonds is 13. The zero-order valence-corrected chi connectivity index (χ0v) is 15.0. The van der Waals surface area contributed by atoms with Gasteiger partial charge < -0.3 is 10.8 Å². The first-order valence-electron chi connectivity index (χ1n) is 7.91. The van der Waals surface area contributed by atoms with E-state index in [0.29, 0.717) is 19.8 Å². The molecule has 0 rings (SSSR count). The minimum Gasteiger partial charge on any atom is -0.480 e. The van der Waals surface area contributed by atoms with Crippen molar-refractivity contribution >= 4 is 13.8 Å². The van der Waals surface area contributed by atoms with Gasteiger partial charge in [0.05, 0.1) is 26.4 Å². The van der Waals surface area contributed by atoms with Crippen LogP contribution in [0.2, 0.25) is 0 Å². The summed E-state index contributed by atoms with van der Waals surface area (Å²) in [5.41, 5.74) is 4.57. The quantitative estimate of drug-likeness (QED) is 0.389. The predicted molar refractivity (Wildman–Crippen MR) is 86.9 cm³/mol. The number of hydrogen-bond acceptors (Lipinski definition) is 6. The summed E-state index contributed by atoms with van der Waals surface area (Å²) >= 11 is 0. The maximum absolute atomic E-state index is 12.2.